The van der Waals surface area contributed by atoms with Gasteiger partial charge in [-0.15, -0.1) is 0 Å². The van der Waals surface area contributed by atoms with E-state index in [1.54, 1.807) is 0 Å². The van der Waals surface area contributed by atoms with Gasteiger partial charge in [0.2, 0.25) is 0 Å². The largest absolute Gasteiger partial charge is 0.368 e. The van der Waals surface area contributed by atoms with Crippen LogP contribution in [0, 0.1) is 5.92 Å². The van der Waals surface area contributed by atoms with Crippen LogP contribution >= 0.6 is 0 Å². The van der Waals surface area contributed by atoms with E-state index >= 15 is 0 Å². The molecule has 74 valence electrons. The Labute approximate surface area is 74.0 Å². The van der Waals surface area contributed by atoms with Crippen LogP contribution in [0.3, 0.4) is 0 Å². The maximum atomic E-state index is 8.83. The van der Waals surface area contributed by atoms with Gasteiger partial charge in [-0.3, -0.25) is 0 Å². The van der Waals surface area contributed by atoms with Crippen molar-refractivity contribution in [2.24, 2.45) is 11.7 Å². The molecule has 0 saturated heterocycles. The van der Waals surface area contributed by atoms with Gasteiger partial charge < -0.3 is 20.8 Å². The number of rotatable bonds is 6. The quantitative estimate of drug-likeness (QED) is 0.464. The van der Waals surface area contributed by atoms with Gasteiger partial charge in [-0.1, -0.05) is 13.8 Å². The molecule has 0 aromatic rings. The van der Waals surface area contributed by atoms with Crippen LogP contribution in [-0.2, 0) is 0 Å². The lowest BCUT2D eigenvalue weighted by molar-refractivity contribution is -0.0849. The number of nitrogens with zero attached hydrogens (tertiary/aromatic N) is 1. The molecule has 4 heteroatoms. The minimum atomic E-state index is -1.23. The second-order valence-corrected chi connectivity index (χ2v) is 3.07. The van der Waals surface area contributed by atoms with Crippen molar-refractivity contribution in [3.8, 4) is 0 Å². The summed E-state index contributed by atoms with van der Waals surface area (Å²) in [7, 11) is 0. The van der Waals surface area contributed by atoms with Crippen molar-refractivity contribution in [1.29, 1.82) is 0 Å². The molecule has 0 amide bonds. The SMILES string of the molecule is CCN(CCN)CC(C)C(O)O. The van der Waals surface area contributed by atoms with Gasteiger partial charge in [-0.2, -0.15) is 0 Å². The first-order chi connectivity index (χ1) is 5.61. The van der Waals surface area contributed by atoms with Crippen LogP contribution in [0.15, 0.2) is 0 Å². The summed E-state index contributed by atoms with van der Waals surface area (Å²) in [5.41, 5.74) is 5.39. The Morgan fingerprint density at radius 3 is 2.33 bits per heavy atom. The lowest BCUT2D eigenvalue weighted by Gasteiger charge is -2.24. The van der Waals surface area contributed by atoms with E-state index in [4.69, 9.17) is 15.9 Å². The molecule has 4 N–H and O–H groups in total. The molecule has 4 nitrogen and oxygen atoms in total. The van der Waals surface area contributed by atoms with E-state index in [9.17, 15) is 0 Å². The number of nitrogens with two attached hydrogens (primary N) is 1. The van der Waals surface area contributed by atoms with Gasteiger partial charge in [0.25, 0.3) is 0 Å². The number of aliphatic hydroxyl groups excluding tert-OH is 1. The molecular weight excluding hydrogens is 156 g/mol. The molecule has 0 bridgehead atoms. The first kappa shape index (κ1) is 11.8. The molecule has 0 aromatic carbocycles. The van der Waals surface area contributed by atoms with Gasteiger partial charge in [0.15, 0.2) is 6.29 Å². The number of hydrogen-bond donors (Lipinski definition) is 3. The van der Waals surface area contributed by atoms with Crippen LogP contribution < -0.4 is 5.73 Å². The molecule has 0 aliphatic rings. The van der Waals surface area contributed by atoms with Crippen LogP contribution in [0.4, 0.5) is 0 Å². The highest BCUT2D eigenvalue weighted by Gasteiger charge is 2.13. The lowest BCUT2D eigenvalue weighted by atomic mass is 10.1. The Kier molecular flexibility index (Phi) is 6.28. The fourth-order valence-electron chi connectivity index (χ4n) is 1.06. The molecule has 1 atom stereocenters. The smallest absolute Gasteiger partial charge is 0.155 e. The Bertz CT molecular complexity index is 109. The topological polar surface area (TPSA) is 69.7 Å². The Morgan fingerprint density at radius 1 is 1.42 bits per heavy atom. The van der Waals surface area contributed by atoms with Crippen molar-refractivity contribution >= 4 is 0 Å². The Balaban J connectivity index is 3.68. The first-order valence-corrected chi connectivity index (χ1v) is 4.40. The van der Waals surface area contributed by atoms with Crippen molar-refractivity contribution in [3.63, 3.8) is 0 Å². The van der Waals surface area contributed by atoms with E-state index in [-0.39, 0.29) is 5.92 Å². The van der Waals surface area contributed by atoms with Gasteiger partial charge in [0.1, 0.15) is 0 Å². The second-order valence-electron chi connectivity index (χ2n) is 3.07. The normalized spacial score (nSPS) is 14.2. The van der Waals surface area contributed by atoms with Gasteiger partial charge in [-0.05, 0) is 6.54 Å². The monoisotopic (exact) mass is 176 g/mol. The third-order valence-corrected chi connectivity index (χ3v) is 1.95. The van der Waals surface area contributed by atoms with Crippen LogP contribution in [0.2, 0.25) is 0 Å². The van der Waals surface area contributed by atoms with Gasteiger partial charge in [0.05, 0.1) is 0 Å². The van der Waals surface area contributed by atoms with E-state index in [0.717, 1.165) is 13.1 Å². The molecule has 1 unspecified atom stereocenters. The maximum absolute atomic E-state index is 8.83. The average Bonchev–Trinajstić information content (AvgIpc) is 2.03. The van der Waals surface area contributed by atoms with Gasteiger partial charge in [0, 0.05) is 25.6 Å². The van der Waals surface area contributed by atoms with Crippen LogP contribution in [0.5, 0.6) is 0 Å². The van der Waals surface area contributed by atoms with Crippen LogP contribution in [0.1, 0.15) is 13.8 Å². The standard InChI is InChI=1S/C8H20N2O2/c1-3-10(5-4-9)6-7(2)8(11)12/h7-8,11-12H,3-6,9H2,1-2H3. The molecule has 0 aliphatic heterocycles. The summed E-state index contributed by atoms with van der Waals surface area (Å²) < 4.78 is 0. The van der Waals surface area contributed by atoms with Crippen molar-refractivity contribution in [1.82, 2.24) is 4.90 Å². The summed E-state index contributed by atoms with van der Waals surface area (Å²) in [6.45, 7) is 6.85. The predicted molar refractivity (Wildman–Crippen MR) is 48.6 cm³/mol. The summed E-state index contributed by atoms with van der Waals surface area (Å²) in [5.74, 6) is -0.114. The van der Waals surface area contributed by atoms with E-state index in [1.807, 2.05) is 13.8 Å². The molecule has 0 radical (unpaired) electrons. The van der Waals surface area contributed by atoms with E-state index in [1.165, 1.54) is 0 Å². The van der Waals surface area contributed by atoms with Crippen molar-refractivity contribution < 1.29 is 10.2 Å². The molecule has 0 spiro atoms. The maximum Gasteiger partial charge on any atom is 0.155 e. The molecule has 0 saturated carbocycles. The second kappa shape index (κ2) is 6.37. The van der Waals surface area contributed by atoms with E-state index in [0.29, 0.717) is 13.1 Å². The predicted octanol–water partition coefficient (Wildman–Crippen LogP) is -0.786. The zero-order valence-electron chi connectivity index (χ0n) is 7.90. The number of likely N-dealkylation sites (N-methyl/N-ethyl adjacent to an activating group) is 1. The molecule has 0 fully saturated rings. The third kappa shape index (κ3) is 4.66. The number of hydrogen-bond acceptors (Lipinski definition) is 4. The Hall–Kier alpha value is -0.160. The van der Waals surface area contributed by atoms with Gasteiger partial charge >= 0.3 is 0 Å². The van der Waals surface area contributed by atoms with Crippen molar-refractivity contribution in [2.75, 3.05) is 26.2 Å². The fourth-order valence-corrected chi connectivity index (χ4v) is 1.06. The highest BCUT2D eigenvalue weighted by molar-refractivity contribution is 4.62. The zero-order chi connectivity index (χ0) is 9.56. The van der Waals surface area contributed by atoms with E-state index < -0.39 is 6.29 Å². The lowest BCUT2D eigenvalue weighted by Crippen LogP contribution is -2.36. The Morgan fingerprint density at radius 2 is 2.00 bits per heavy atom. The molecule has 12 heavy (non-hydrogen) atoms. The fraction of sp³-hybridized carbons (Fsp3) is 1.00. The minimum absolute atomic E-state index is 0.114. The van der Waals surface area contributed by atoms with Crippen molar-refractivity contribution in [2.45, 2.75) is 20.1 Å². The molecule has 0 rings (SSSR count). The van der Waals surface area contributed by atoms with Crippen molar-refractivity contribution in [3.05, 3.63) is 0 Å². The molecule has 0 aromatic heterocycles. The molecular formula is C8H20N2O2. The highest BCUT2D eigenvalue weighted by atomic mass is 16.5. The van der Waals surface area contributed by atoms with Crippen LogP contribution in [0.25, 0.3) is 0 Å². The highest BCUT2D eigenvalue weighted by Crippen LogP contribution is 2.02. The molecule has 0 aliphatic carbocycles. The number of aliphatic hydroxyl groups is 2. The van der Waals surface area contributed by atoms with E-state index in [2.05, 4.69) is 4.90 Å². The first-order valence-electron chi connectivity index (χ1n) is 4.40. The summed E-state index contributed by atoms with van der Waals surface area (Å²) in [5, 5.41) is 17.7. The third-order valence-electron chi connectivity index (χ3n) is 1.95. The minimum Gasteiger partial charge on any atom is -0.368 e. The summed E-state index contributed by atoms with van der Waals surface area (Å²) in [6, 6.07) is 0. The summed E-state index contributed by atoms with van der Waals surface area (Å²) in [6.07, 6.45) is -1.23. The van der Waals surface area contributed by atoms with Crippen LogP contribution in [-0.4, -0.2) is 47.6 Å². The zero-order valence-corrected chi connectivity index (χ0v) is 7.90. The van der Waals surface area contributed by atoms with Gasteiger partial charge in [-0.25, -0.2) is 0 Å². The summed E-state index contributed by atoms with van der Waals surface area (Å²) in [4.78, 5) is 2.10. The average molecular weight is 176 g/mol. The molecule has 0 heterocycles. The summed E-state index contributed by atoms with van der Waals surface area (Å²) >= 11 is 0.